The van der Waals surface area contributed by atoms with Crippen LogP contribution in [-0.2, 0) is 10.0 Å². The Morgan fingerprint density at radius 2 is 2.00 bits per heavy atom. The van der Waals surface area contributed by atoms with Gasteiger partial charge in [0.25, 0.3) is 0 Å². The Balaban J connectivity index is 2.60. The van der Waals surface area contributed by atoms with Gasteiger partial charge >= 0.3 is 6.03 Å². The van der Waals surface area contributed by atoms with Crippen molar-refractivity contribution in [3.63, 3.8) is 0 Å². The second kappa shape index (κ2) is 7.26. The maximum Gasteiger partial charge on any atom is 0.316 e. The molecule has 0 saturated carbocycles. The predicted octanol–water partition coefficient (Wildman–Crippen LogP) is 1.65. The number of hydrogen-bond acceptors (Lipinski definition) is 3. The predicted molar refractivity (Wildman–Crippen MR) is 81.4 cm³/mol. The van der Waals surface area contributed by atoms with Gasteiger partial charge in [0.1, 0.15) is 4.90 Å². The lowest BCUT2D eigenvalue weighted by molar-refractivity contribution is 0.217. The molecule has 2 amide bonds. The minimum atomic E-state index is -3.69. The third-order valence-electron chi connectivity index (χ3n) is 2.28. The number of amides is 2. The van der Waals surface area contributed by atoms with Crippen LogP contribution < -0.4 is 10.0 Å². The molecule has 9 heteroatoms. The van der Waals surface area contributed by atoms with E-state index in [1.54, 1.807) is 20.2 Å². The smallest absolute Gasteiger partial charge is 0.316 e. The van der Waals surface area contributed by atoms with E-state index in [0.717, 1.165) is 0 Å². The van der Waals surface area contributed by atoms with Gasteiger partial charge < -0.3 is 10.2 Å². The maximum absolute atomic E-state index is 12.0. The van der Waals surface area contributed by atoms with Crippen LogP contribution in [0.2, 0.25) is 5.02 Å². The Bertz CT molecular complexity index is 593. The third kappa shape index (κ3) is 4.93. The number of sulfonamides is 1. The summed E-state index contributed by atoms with van der Waals surface area (Å²) in [7, 11) is -0.497. The first kappa shape index (κ1) is 17.2. The summed E-state index contributed by atoms with van der Waals surface area (Å²) in [6.07, 6.45) is 0. The molecule has 0 radical (unpaired) electrons. The molecule has 0 spiro atoms. The molecule has 0 aromatic heterocycles. The number of nitrogens with one attached hydrogen (secondary N) is 2. The van der Waals surface area contributed by atoms with Crippen LogP contribution in [0.5, 0.6) is 0 Å². The second-order valence-corrected chi connectivity index (χ2v) is 7.16. The number of nitrogens with zero attached hydrogens (tertiary/aromatic N) is 1. The minimum Gasteiger partial charge on any atom is -0.337 e. The third-order valence-corrected chi connectivity index (χ3v) is 4.72. The van der Waals surface area contributed by atoms with Crippen molar-refractivity contribution < 1.29 is 13.2 Å². The Morgan fingerprint density at radius 3 is 2.55 bits per heavy atom. The molecule has 1 aromatic carbocycles. The molecule has 0 heterocycles. The summed E-state index contributed by atoms with van der Waals surface area (Å²) >= 11 is 9.10. The number of rotatable bonds is 5. The van der Waals surface area contributed by atoms with Gasteiger partial charge in [-0.2, -0.15) is 0 Å². The fraction of sp³-hybridized carbons (Fsp3) is 0.364. The van der Waals surface area contributed by atoms with Crippen LogP contribution in [0.1, 0.15) is 0 Å². The molecular formula is C11H15BrClN3O3S. The highest BCUT2D eigenvalue weighted by molar-refractivity contribution is 9.10. The highest BCUT2D eigenvalue weighted by Gasteiger charge is 2.17. The molecule has 6 nitrogen and oxygen atoms in total. The normalized spacial score (nSPS) is 11.2. The van der Waals surface area contributed by atoms with E-state index in [1.807, 2.05) is 0 Å². The molecule has 2 N–H and O–H groups in total. The molecule has 0 unspecified atom stereocenters. The average molecular weight is 385 g/mol. The van der Waals surface area contributed by atoms with E-state index in [-0.39, 0.29) is 29.0 Å². The standard InChI is InChI=1S/C11H15BrClN3O3S/c1-16(2)11(17)14-5-6-15-20(18,19)10-4-3-8(12)7-9(10)13/h3-4,7,15H,5-6H2,1-2H3,(H,14,17). The van der Waals surface area contributed by atoms with Crippen molar-refractivity contribution >= 4 is 43.6 Å². The largest absolute Gasteiger partial charge is 0.337 e. The minimum absolute atomic E-state index is 0.00121. The van der Waals surface area contributed by atoms with Crippen LogP contribution in [-0.4, -0.2) is 46.5 Å². The van der Waals surface area contributed by atoms with Crippen molar-refractivity contribution in [2.75, 3.05) is 27.2 Å². The summed E-state index contributed by atoms with van der Waals surface area (Å²) in [5.74, 6) is 0. The zero-order chi connectivity index (χ0) is 15.3. The van der Waals surface area contributed by atoms with Crippen molar-refractivity contribution in [3.05, 3.63) is 27.7 Å². The first-order valence-electron chi connectivity index (χ1n) is 5.64. The van der Waals surface area contributed by atoms with E-state index in [9.17, 15) is 13.2 Å². The van der Waals surface area contributed by atoms with Gasteiger partial charge in [-0.05, 0) is 18.2 Å². The van der Waals surface area contributed by atoms with Gasteiger partial charge in [-0.25, -0.2) is 17.9 Å². The summed E-state index contributed by atoms with van der Waals surface area (Å²) < 4.78 is 27.1. The van der Waals surface area contributed by atoms with Gasteiger partial charge in [-0.15, -0.1) is 0 Å². The van der Waals surface area contributed by atoms with Crippen LogP contribution in [0.15, 0.2) is 27.6 Å². The van der Waals surface area contributed by atoms with Crippen LogP contribution in [0.3, 0.4) is 0 Å². The maximum atomic E-state index is 12.0. The van der Waals surface area contributed by atoms with Crippen molar-refractivity contribution in [2.45, 2.75) is 4.90 Å². The lowest BCUT2D eigenvalue weighted by Crippen LogP contribution is -2.39. The first-order chi connectivity index (χ1) is 9.24. The first-order valence-corrected chi connectivity index (χ1v) is 8.29. The molecular weight excluding hydrogens is 370 g/mol. The van der Waals surface area contributed by atoms with Crippen molar-refractivity contribution in [2.24, 2.45) is 0 Å². The zero-order valence-corrected chi connectivity index (χ0v) is 14.1. The SMILES string of the molecule is CN(C)C(=O)NCCNS(=O)(=O)c1ccc(Br)cc1Cl. The second-order valence-electron chi connectivity index (χ2n) is 4.10. The van der Waals surface area contributed by atoms with E-state index in [0.29, 0.717) is 4.47 Å². The van der Waals surface area contributed by atoms with Crippen LogP contribution in [0, 0.1) is 0 Å². The van der Waals surface area contributed by atoms with Gasteiger partial charge in [0.2, 0.25) is 10.0 Å². The Labute approximate surface area is 131 Å². The number of carbonyl (C=O) groups excluding carboxylic acids is 1. The molecule has 112 valence electrons. The fourth-order valence-electron chi connectivity index (χ4n) is 1.28. The summed E-state index contributed by atoms with van der Waals surface area (Å²) in [5, 5.41) is 2.68. The van der Waals surface area contributed by atoms with Crippen molar-refractivity contribution in [1.29, 1.82) is 0 Å². The molecule has 0 atom stereocenters. The molecule has 0 aliphatic heterocycles. The van der Waals surface area contributed by atoms with Crippen LogP contribution in [0.25, 0.3) is 0 Å². The van der Waals surface area contributed by atoms with Gasteiger partial charge in [0.05, 0.1) is 5.02 Å². The molecule has 0 aliphatic carbocycles. The summed E-state index contributed by atoms with van der Waals surface area (Å²) in [6, 6.07) is 4.22. The van der Waals surface area contributed by atoms with E-state index in [4.69, 9.17) is 11.6 Å². The van der Waals surface area contributed by atoms with E-state index >= 15 is 0 Å². The fourth-order valence-corrected chi connectivity index (χ4v) is 3.35. The van der Waals surface area contributed by atoms with Gasteiger partial charge in [-0.1, -0.05) is 27.5 Å². The topological polar surface area (TPSA) is 78.5 Å². The molecule has 0 aliphatic rings. The molecule has 1 aromatic rings. The van der Waals surface area contributed by atoms with Crippen LogP contribution >= 0.6 is 27.5 Å². The average Bonchev–Trinajstić information content (AvgIpc) is 2.33. The molecule has 0 fully saturated rings. The van der Waals surface area contributed by atoms with Gasteiger partial charge in [0.15, 0.2) is 0 Å². The Kier molecular flexibility index (Phi) is 6.25. The molecule has 0 saturated heterocycles. The highest BCUT2D eigenvalue weighted by Crippen LogP contribution is 2.24. The number of benzene rings is 1. The summed E-state index contributed by atoms with van der Waals surface area (Å²) in [4.78, 5) is 12.6. The Morgan fingerprint density at radius 1 is 1.35 bits per heavy atom. The zero-order valence-electron chi connectivity index (χ0n) is 11.0. The number of halogens is 2. The van der Waals surface area contributed by atoms with Crippen molar-refractivity contribution in [3.8, 4) is 0 Å². The number of carbonyl (C=O) groups is 1. The molecule has 20 heavy (non-hydrogen) atoms. The van der Waals surface area contributed by atoms with Gasteiger partial charge in [0, 0.05) is 31.7 Å². The molecule has 0 bridgehead atoms. The lowest BCUT2D eigenvalue weighted by Gasteiger charge is -2.12. The van der Waals surface area contributed by atoms with E-state index in [1.165, 1.54) is 17.0 Å². The number of urea groups is 1. The summed E-state index contributed by atoms with van der Waals surface area (Å²) in [5.41, 5.74) is 0. The van der Waals surface area contributed by atoms with Crippen molar-refractivity contribution in [1.82, 2.24) is 14.9 Å². The number of hydrogen-bond donors (Lipinski definition) is 2. The van der Waals surface area contributed by atoms with Gasteiger partial charge in [-0.3, -0.25) is 0 Å². The quantitative estimate of drug-likeness (QED) is 0.758. The van der Waals surface area contributed by atoms with E-state index in [2.05, 4.69) is 26.0 Å². The Hall–Kier alpha value is -0.830. The molecule has 1 rings (SSSR count). The van der Waals surface area contributed by atoms with E-state index < -0.39 is 10.0 Å². The van der Waals surface area contributed by atoms with Crippen LogP contribution in [0.4, 0.5) is 4.79 Å². The lowest BCUT2D eigenvalue weighted by atomic mass is 10.4. The summed E-state index contributed by atoms with van der Waals surface area (Å²) in [6.45, 7) is 0.263. The highest BCUT2D eigenvalue weighted by atomic mass is 79.9. The monoisotopic (exact) mass is 383 g/mol.